The van der Waals surface area contributed by atoms with Crippen molar-refractivity contribution >= 4 is 5.94 Å². The topological polar surface area (TPSA) is 17.1 Å². The van der Waals surface area contributed by atoms with Crippen LogP contribution in [0, 0.1) is 17.5 Å². The van der Waals surface area contributed by atoms with E-state index in [1.54, 1.807) is 12.9 Å². The van der Waals surface area contributed by atoms with Gasteiger partial charge in [0.05, 0.1) is 0 Å². The number of allylic oxidation sites excluding steroid dienone is 1. The van der Waals surface area contributed by atoms with Gasteiger partial charge in [0.15, 0.2) is 11.6 Å². The molecule has 0 saturated carbocycles. The summed E-state index contributed by atoms with van der Waals surface area (Å²) in [5, 5.41) is 0. The lowest BCUT2D eigenvalue weighted by Crippen LogP contribution is -1.98. The van der Waals surface area contributed by atoms with Crippen LogP contribution in [0.2, 0.25) is 0 Å². The first-order valence-corrected chi connectivity index (χ1v) is 4.44. The van der Waals surface area contributed by atoms with Gasteiger partial charge in [0.2, 0.25) is 0 Å². The van der Waals surface area contributed by atoms with Gasteiger partial charge in [-0.2, -0.15) is 0 Å². The molecule has 0 amide bonds. The SMILES string of the molecule is CCC(=C=O)Cc1cc(F)c(F)cc1F. The van der Waals surface area contributed by atoms with Gasteiger partial charge in [0, 0.05) is 18.1 Å². The highest BCUT2D eigenvalue weighted by Crippen LogP contribution is 2.17. The molecule has 0 aliphatic carbocycles. The number of rotatable bonds is 3. The summed E-state index contributed by atoms with van der Waals surface area (Å²) in [6.07, 6.45) is 0.366. The average molecular weight is 214 g/mol. The van der Waals surface area contributed by atoms with Gasteiger partial charge < -0.3 is 0 Å². The summed E-state index contributed by atoms with van der Waals surface area (Å²) in [4.78, 5) is 10.4. The van der Waals surface area contributed by atoms with Crippen molar-refractivity contribution in [1.29, 1.82) is 0 Å². The number of hydrogen-bond acceptors (Lipinski definition) is 1. The van der Waals surface area contributed by atoms with E-state index in [9.17, 15) is 18.0 Å². The molecule has 0 radical (unpaired) electrons. The van der Waals surface area contributed by atoms with Crippen LogP contribution in [0.25, 0.3) is 0 Å². The van der Waals surface area contributed by atoms with Gasteiger partial charge >= 0.3 is 0 Å². The van der Waals surface area contributed by atoms with Gasteiger partial charge in [-0.1, -0.05) is 6.92 Å². The summed E-state index contributed by atoms with van der Waals surface area (Å²) in [6, 6.07) is 1.24. The summed E-state index contributed by atoms with van der Waals surface area (Å²) >= 11 is 0. The van der Waals surface area contributed by atoms with Crippen LogP contribution in [0.15, 0.2) is 17.7 Å². The Kier molecular flexibility index (Phi) is 3.69. The van der Waals surface area contributed by atoms with Crippen LogP contribution in [-0.4, -0.2) is 5.94 Å². The van der Waals surface area contributed by atoms with Gasteiger partial charge in [0.25, 0.3) is 0 Å². The molecular formula is C11H9F3O. The smallest absolute Gasteiger partial charge is 0.161 e. The molecule has 0 aliphatic rings. The molecule has 15 heavy (non-hydrogen) atoms. The van der Waals surface area contributed by atoms with Gasteiger partial charge in [-0.25, -0.2) is 18.0 Å². The molecule has 0 saturated heterocycles. The van der Waals surface area contributed by atoms with Crippen molar-refractivity contribution in [2.24, 2.45) is 0 Å². The highest BCUT2D eigenvalue weighted by Gasteiger charge is 2.10. The maximum Gasteiger partial charge on any atom is 0.161 e. The van der Waals surface area contributed by atoms with Gasteiger partial charge in [-0.15, -0.1) is 0 Å². The molecule has 1 aromatic carbocycles. The third-order valence-corrected chi connectivity index (χ3v) is 2.06. The fourth-order valence-corrected chi connectivity index (χ4v) is 1.16. The van der Waals surface area contributed by atoms with Crippen molar-refractivity contribution in [1.82, 2.24) is 0 Å². The second-order valence-electron chi connectivity index (χ2n) is 3.09. The molecule has 80 valence electrons. The fourth-order valence-electron chi connectivity index (χ4n) is 1.16. The largest absolute Gasteiger partial charge is 0.234 e. The van der Waals surface area contributed by atoms with E-state index in [0.29, 0.717) is 18.1 Å². The van der Waals surface area contributed by atoms with Crippen molar-refractivity contribution in [3.63, 3.8) is 0 Å². The number of halogens is 3. The molecule has 1 nitrogen and oxygen atoms in total. The molecule has 0 spiro atoms. The zero-order chi connectivity index (χ0) is 11.4. The minimum atomic E-state index is -1.23. The maximum absolute atomic E-state index is 13.1. The second-order valence-corrected chi connectivity index (χ2v) is 3.09. The van der Waals surface area contributed by atoms with Gasteiger partial charge in [-0.3, -0.25) is 0 Å². The predicted octanol–water partition coefficient (Wildman–Crippen LogP) is 2.81. The first kappa shape index (κ1) is 11.5. The van der Waals surface area contributed by atoms with E-state index < -0.39 is 17.5 Å². The molecule has 0 heterocycles. The van der Waals surface area contributed by atoms with Crippen molar-refractivity contribution in [2.75, 3.05) is 0 Å². The van der Waals surface area contributed by atoms with Crippen molar-refractivity contribution < 1.29 is 18.0 Å². The van der Waals surface area contributed by atoms with Crippen LogP contribution in [0.3, 0.4) is 0 Å². The third kappa shape index (κ3) is 2.70. The van der Waals surface area contributed by atoms with Crippen LogP contribution in [0.4, 0.5) is 13.2 Å². The van der Waals surface area contributed by atoms with Crippen LogP contribution >= 0.6 is 0 Å². The Labute approximate surface area is 85.2 Å². The molecule has 1 aromatic rings. The Bertz CT molecular complexity index is 420. The van der Waals surface area contributed by atoms with E-state index in [4.69, 9.17) is 0 Å². The van der Waals surface area contributed by atoms with Crippen LogP contribution in [0.1, 0.15) is 18.9 Å². The van der Waals surface area contributed by atoms with Crippen LogP contribution < -0.4 is 0 Å². The van der Waals surface area contributed by atoms with Crippen molar-refractivity contribution in [3.05, 3.63) is 40.7 Å². The maximum atomic E-state index is 13.1. The van der Waals surface area contributed by atoms with Crippen LogP contribution in [0.5, 0.6) is 0 Å². The summed E-state index contributed by atoms with van der Waals surface area (Å²) in [5.41, 5.74) is 0.286. The highest BCUT2D eigenvalue weighted by molar-refractivity contribution is 5.53. The summed E-state index contributed by atoms with van der Waals surface area (Å²) < 4.78 is 38.4. The lowest BCUT2D eigenvalue weighted by Gasteiger charge is -2.03. The van der Waals surface area contributed by atoms with E-state index in [-0.39, 0.29) is 12.0 Å². The zero-order valence-corrected chi connectivity index (χ0v) is 8.11. The quantitative estimate of drug-likeness (QED) is 0.558. The van der Waals surface area contributed by atoms with E-state index in [2.05, 4.69) is 0 Å². The lowest BCUT2D eigenvalue weighted by atomic mass is 10.0. The zero-order valence-electron chi connectivity index (χ0n) is 8.11. The van der Waals surface area contributed by atoms with Gasteiger partial charge in [-0.05, 0) is 18.1 Å². The number of benzene rings is 1. The lowest BCUT2D eigenvalue weighted by molar-refractivity contribution is 0.490. The standard InChI is InChI=1S/C11H9F3O/c1-2-7(6-15)3-8-4-10(13)11(14)5-9(8)12/h4-5H,2-3H2,1H3. The number of hydrogen-bond donors (Lipinski definition) is 0. The highest BCUT2D eigenvalue weighted by atomic mass is 19.2. The molecule has 0 atom stereocenters. The van der Waals surface area contributed by atoms with E-state index in [1.165, 1.54) is 0 Å². The molecule has 1 rings (SSSR count). The molecule has 0 aromatic heterocycles. The fraction of sp³-hybridized carbons (Fsp3) is 0.273. The van der Waals surface area contributed by atoms with Crippen molar-refractivity contribution in [2.45, 2.75) is 19.8 Å². The Morgan fingerprint density at radius 2 is 1.80 bits per heavy atom. The van der Waals surface area contributed by atoms with E-state index >= 15 is 0 Å². The number of carbonyl (C=O) groups excluding carboxylic acids is 1. The summed E-state index contributed by atoms with van der Waals surface area (Å²) in [7, 11) is 0. The normalized spacial score (nSPS) is 9.87. The Morgan fingerprint density at radius 3 is 2.33 bits per heavy atom. The Hall–Kier alpha value is -1.54. The first-order chi connectivity index (χ1) is 7.08. The molecular weight excluding hydrogens is 205 g/mol. The van der Waals surface area contributed by atoms with E-state index in [1.807, 2.05) is 0 Å². The molecule has 0 bridgehead atoms. The van der Waals surface area contributed by atoms with E-state index in [0.717, 1.165) is 6.07 Å². The van der Waals surface area contributed by atoms with Gasteiger partial charge in [0.1, 0.15) is 11.8 Å². The molecule has 0 unspecified atom stereocenters. The second kappa shape index (κ2) is 4.80. The molecule has 0 fully saturated rings. The minimum absolute atomic E-state index is 0.0332. The van der Waals surface area contributed by atoms with Crippen molar-refractivity contribution in [3.8, 4) is 0 Å². The molecule has 4 heteroatoms. The van der Waals surface area contributed by atoms with Crippen LogP contribution in [-0.2, 0) is 11.2 Å². The average Bonchev–Trinajstić information content (AvgIpc) is 2.21. The Balaban J connectivity index is 3.05. The first-order valence-electron chi connectivity index (χ1n) is 4.44. The summed E-state index contributed by atoms with van der Waals surface area (Å²) in [6.45, 7) is 1.71. The third-order valence-electron chi connectivity index (χ3n) is 2.06. The molecule has 0 aliphatic heterocycles. The minimum Gasteiger partial charge on any atom is -0.234 e. The summed E-state index contributed by atoms with van der Waals surface area (Å²) in [5.74, 6) is -1.56. The Morgan fingerprint density at radius 1 is 1.20 bits per heavy atom. The predicted molar refractivity (Wildman–Crippen MR) is 49.5 cm³/mol. The molecule has 0 N–H and O–H groups in total. The monoisotopic (exact) mass is 214 g/mol.